The quantitative estimate of drug-likeness (QED) is 0.573. The summed E-state index contributed by atoms with van der Waals surface area (Å²) < 4.78 is 0. The van der Waals surface area contributed by atoms with E-state index in [9.17, 15) is 4.79 Å². The van der Waals surface area contributed by atoms with Crippen LogP contribution in [0.1, 0.15) is 0 Å². The number of amides is 1. The van der Waals surface area contributed by atoms with Crippen LogP contribution < -0.4 is 4.90 Å². The van der Waals surface area contributed by atoms with Gasteiger partial charge >= 0.3 is 0 Å². The van der Waals surface area contributed by atoms with Crippen molar-refractivity contribution in [3.63, 3.8) is 0 Å². The number of anilines is 1. The third-order valence-electron chi connectivity index (χ3n) is 4.88. The van der Waals surface area contributed by atoms with Crippen molar-refractivity contribution in [2.24, 2.45) is 0 Å². The Balaban J connectivity index is 1.27. The van der Waals surface area contributed by atoms with E-state index in [2.05, 4.69) is 27.2 Å². The second-order valence-corrected chi connectivity index (χ2v) is 8.19. The van der Waals surface area contributed by atoms with Crippen molar-refractivity contribution in [2.75, 3.05) is 36.8 Å². The van der Waals surface area contributed by atoms with E-state index in [1.165, 1.54) is 17.4 Å². The molecule has 0 saturated carbocycles. The van der Waals surface area contributed by atoms with Gasteiger partial charge in [0.2, 0.25) is 5.91 Å². The molecule has 0 unspecified atom stereocenters. The van der Waals surface area contributed by atoms with E-state index < -0.39 is 0 Å². The zero-order chi connectivity index (χ0) is 20.1. The third-order valence-corrected chi connectivity index (χ3v) is 6.03. The third kappa shape index (κ3) is 5.08. The summed E-state index contributed by atoms with van der Waals surface area (Å²) in [4.78, 5) is 16.8. The molecule has 1 amide bonds. The number of thioether (sulfide) groups is 1. The number of benzene rings is 2. The van der Waals surface area contributed by atoms with Gasteiger partial charge in [0.05, 0.1) is 11.4 Å². The lowest BCUT2D eigenvalue weighted by atomic mass is 10.1. The number of aromatic nitrogens is 2. The molecule has 4 rings (SSSR count). The number of nitrogens with zero attached hydrogens (tertiary/aromatic N) is 4. The van der Waals surface area contributed by atoms with Gasteiger partial charge in [0.1, 0.15) is 5.03 Å². The van der Waals surface area contributed by atoms with Gasteiger partial charge < -0.3 is 9.80 Å². The van der Waals surface area contributed by atoms with Gasteiger partial charge in [0, 0.05) is 42.5 Å². The van der Waals surface area contributed by atoms with Crippen LogP contribution in [-0.4, -0.2) is 52.9 Å². The van der Waals surface area contributed by atoms with Gasteiger partial charge in [0.15, 0.2) is 0 Å². The first-order valence-electron chi connectivity index (χ1n) is 9.49. The number of rotatable bonds is 5. The minimum absolute atomic E-state index is 0.145. The zero-order valence-electron chi connectivity index (χ0n) is 15.9. The zero-order valence-corrected chi connectivity index (χ0v) is 17.4. The van der Waals surface area contributed by atoms with Crippen molar-refractivity contribution < 1.29 is 4.79 Å². The Morgan fingerprint density at radius 3 is 2.28 bits per heavy atom. The van der Waals surface area contributed by atoms with Crippen molar-refractivity contribution in [1.82, 2.24) is 15.1 Å². The lowest BCUT2D eigenvalue weighted by Gasteiger charge is -2.36. The molecule has 0 atom stereocenters. The second kappa shape index (κ2) is 9.29. The molecule has 0 N–H and O–H groups in total. The highest BCUT2D eigenvalue weighted by atomic mass is 35.5. The predicted molar refractivity (Wildman–Crippen MR) is 118 cm³/mol. The molecule has 148 valence electrons. The summed E-state index contributed by atoms with van der Waals surface area (Å²) in [5.74, 6) is 0.520. The Morgan fingerprint density at radius 1 is 0.897 bits per heavy atom. The number of carbonyl (C=O) groups is 1. The Kier molecular flexibility index (Phi) is 6.32. The molecule has 1 aliphatic heterocycles. The van der Waals surface area contributed by atoms with Crippen LogP contribution in [0.5, 0.6) is 0 Å². The maximum atomic E-state index is 12.6. The molecular formula is C22H21ClN4OS. The van der Waals surface area contributed by atoms with Gasteiger partial charge in [-0.15, -0.1) is 10.2 Å². The van der Waals surface area contributed by atoms with Crippen molar-refractivity contribution in [1.29, 1.82) is 0 Å². The highest BCUT2D eigenvalue weighted by molar-refractivity contribution is 7.99. The van der Waals surface area contributed by atoms with Crippen molar-refractivity contribution in [3.8, 4) is 11.3 Å². The molecule has 1 fully saturated rings. The van der Waals surface area contributed by atoms with Crippen molar-refractivity contribution in [2.45, 2.75) is 5.03 Å². The Hall–Kier alpha value is -2.57. The topological polar surface area (TPSA) is 49.3 Å². The number of hydrogen-bond acceptors (Lipinski definition) is 5. The summed E-state index contributed by atoms with van der Waals surface area (Å²) >= 11 is 7.35. The molecule has 3 aromatic rings. The van der Waals surface area contributed by atoms with E-state index in [0.717, 1.165) is 42.5 Å². The predicted octanol–water partition coefficient (Wildman–Crippen LogP) is 4.24. The van der Waals surface area contributed by atoms with Crippen LogP contribution in [0, 0.1) is 0 Å². The van der Waals surface area contributed by atoms with Crippen LogP contribution in [0.3, 0.4) is 0 Å². The maximum absolute atomic E-state index is 12.6. The highest BCUT2D eigenvalue weighted by Gasteiger charge is 2.21. The molecule has 0 bridgehead atoms. The molecule has 29 heavy (non-hydrogen) atoms. The van der Waals surface area contributed by atoms with Crippen molar-refractivity contribution in [3.05, 3.63) is 71.8 Å². The van der Waals surface area contributed by atoms with Crippen molar-refractivity contribution >= 4 is 35.0 Å². The Labute approximate surface area is 179 Å². The van der Waals surface area contributed by atoms with Crippen LogP contribution in [0.15, 0.2) is 71.8 Å². The average molecular weight is 425 g/mol. The van der Waals surface area contributed by atoms with E-state index in [0.29, 0.717) is 10.8 Å². The Bertz CT molecular complexity index is 943. The van der Waals surface area contributed by atoms with Gasteiger partial charge in [-0.1, -0.05) is 53.7 Å². The second-order valence-electron chi connectivity index (χ2n) is 6.76. The molecule has 1 aromatic heterocycles. The molecule has 1 aliphatic rings. The minimum atomic E-state index is 0.145. The van der Waals surface area contributed by atoms with Gasteiger partial charge in [-0.2, -0.15) is 0 Å². The average Bonchev–Trinajstić information content (AvgIpc) is 2.79. The molecular weight excluding hydrogens is 404 g/mol. The van der Waals surface area contributed by atoms with E-state index in [-0.39, 0.29) is 5.91 Å². The van der Waals surface area contributed by atoms with Crippen LogP contribution in [0.4, 0.5) is 5.69 Å². The van der Waals surface area contributed by atoms with Crippen LogP contribution >= 0.6 is 23.4 Å². The molecule has 7 heteroatoms. The smallest absolute Gasteiger partial charge is 0.233 e. The van der Waals surface area contributed by atoms with Gasteiger partial charge in [-0.05, 0) is 36.4 Å². The maximum Gasteiger partial charge on any atom is 0.233 e. The Morgan fingerprint density at radius 2 is 1.62 bits per heavy atom. The summed E-state index contributed by atoms with van der Waals surface area (Å²) in [6.07, 6.45) is 0. The van der Waals surface area contributed by atoms with Gasteiger partial charge in [-0.3, -0.25) is 4.79 Å². The minimum Gasteiger partial charge on any atom is -0.368 e. The number of hydrogen-bond donors (Lipinski definition) is 0. The molecule has 2 heterocycles. The monoisotopic (exact) mass is 424 g/mol. The van der Waals surface area contributed by atoms with Crippen LogP contribution in [-0.2, 0) is 4.79 Å². The first kappa shape index (κ1) is 19.7. The van der Waals surface area contributed by atoms with E-state index >= 15 is 0 Å². The normalized spacial score (nSPS) is 14.1. The molecule has 5 nitrogen and oxygen atoms in total. The summed E-state index contributed by atoms with van der Waals surface area (Å²) in [5, 5.41) is 9.96. The molecule has 1 saturated heterocycles. The first-order valence-corrected chi connectivity index (χ1v) is 10.9. The van der Waals surface area contributed by atoms with E-state index in [1.807, 2.05) is 59.5 Å². The number of carbonyl (C=O) groups excluding carboxylic acids is 1. The molecule has 0 aliphatic carbocycles. The summed E-state index contributed by atoms with van der Waals surface area (Å²) in [5.41, 5.74) is 2.96. The number of para-hydroxylation sites is 1. The van der Waals surface area contributed by atoms with E-state index in [4.69, 9.17) is 11.6 Å². The largest absolute Gasteiger partial charge is 0.368 e. The fraction of sp³-hybridized carbons (Fsp3) is 0.227. The lowest BCUT2D eigenvalue weighted by molar-refractivity contribution is -0.128. The van der Waals surface area contributed by atoms with Gasteiger partial charge in [0.25, 0.3) is 0 Å². The lowest BCUT2D eigenvalue weighted by Crippen LogP contribution is -2.49. The van der Waals surface area contributed by atoms with Crippen LogP contribution in [0.2, 0.25) is 5.02 Å². The number of piperazine rings is 1. The SMILES string of the molecule is O=C(CSc1ccc(-c2ccc(Cl)cc2)nn1)N1CCN(c2ccccc2)CC1. The molecule has 2 aromatic carbocycles. The summed E-state index contributed by atoms with van der Waals surface area (Å²) in [7, 11) is 0. The fourth-order valence-electron chi connectivity index (χ4n) is 3.25. The summed E-state index contributed by atoms with van der Waals surface area (Å²) in [6.45, 7) is 3.21. The van der Waals surface area contributed by atoms with Crippen LogP contribution in [0.25, 0.3) is 11.3 Å². The highest BCUT2D eigenvalue weighted by Crippen LogP contribution is 2.22. The van der Waals surface area contributed by atoms with E-state index in [1.54, 1.807) is 0 Å². The molecule has 0 radical (unpaired) electrons. The summed E-state index contributed by atoms with van der Waals surface area (Å²) in [6, 6.07) is 21.6. The first-order chi connectivity index (χ1) is 14.2. The fourth-order valence-corrected chi connectivity index (χ4v) is 4.09. The number of halogens is 1. The standard InChI is InChI=1S/C22H21ClN4OS/c23-18-8-6-17(7-9-18)20-10-11-21(25-24-20)29-16-22(28)27-14-12-26(13-15-27)19-4-2-1-3-5-19/h1-11H,12-16H2. The molecule has 0 spiro atoms. The van der Waals surface area contributed by atoms with Gasteiger partial charge in [-0.25, -0.2) is 0 Å².